The summed E-state index contributed by atoms with van der Waals surface area (Å²) < 4.78 is 29.5. The lowest BCUT2D eigenvalue weighted by atomic mass is 10.1. The first-order valence-electron chi connectivity index (χ1n) is 4.64. The van der Waals surface area contributed by atoms with Crippen LogP contribution < -0.4 is 4.74 Å². The maximum absolute atomic E-state index is 12.3. The third-order valence-electron chi connectivity index (χ3n) is 2.71. The summed E-state index contributed by atoms with van der Waals surface area (Å²) in [7, 11) is 1.59. The van der Waals surface area contributed by atoms with Crippen LogP contribution in [-0.2, 0) is 0 Å². The van der Waals surface area contributed by atoms with E-state index in [0.717, 1.165) is 11.3 Å². The second kappa shape index (κ2) is 3.56. The SMILES string of the molecule is COc1ccc([C@@H]2C[C@H]2C(F)F)cc1. The van der Waals surface area contributed by atoms with Gasteiger partial charge in [-0.3, -0.25) is 0 Å². The molecule has 2 atom stereocenters. The van der Waals surface area contributed by atoms with Gasteiger partial charge in [0.1, 0.15) is 5.75 Å². The Morgan fingerprint density at radius 2 is 1.93 bits per heavy atom. The van der Waals surface area contributed by atoms with Crippen molar-refractivity contribution >= 4 is 0 Å². The van der Waals surface area contributed by atoms with E-state index < -0.39 is 12.3 Å². The third-order valence-corrected chi connectivity index (χ3v) is 2.71. The number of halogens is 2. The highest BCUT2D eigenvalue weighted by molar-refractivity contribution is 5.32. The van der Waals surface area contributed by atoms with Gasteiger partial charge in [0.25, 0.3) is 0 Å². The first kappa shape index (κ1) is 9.44. The molecule has 1 fully saturated rings. The van der Waals surface area contributed by atoms with Crippen LogP contribution in [0.4, 0.5) is 8.78 Å². The van der Waals surface area contributed by atoms with E-state index in [1.165, 1.54) is 0 Å². The summed E-state index contributed by atoms with van der Waals surface area (Å²) in [6, 6.07) is 7.37. The number of hydrogen-bond donors (Lipinski definition) is 0. The van der Waals surface area contributed by atoms with E-state index in [2.05, 4.69) is 0 Å². The van der Waals surface area contributed by atoms with Crippen molar-refractivity contribution in [1.82, 2.24) is 0 Å². The minimum atomic E-state index is -2.18. The monoisotopic (exact) mass is 198 g/mol. The molecule has 1 aromatic rings. The second-order valence-corrected chi connectivity index (χ2v) is 3.61. The Bertz CT molecular complexity index is 308. The fourth-order valence-corrected chi connectivity index (χ4v) is 1.73. The molecule has 14 heavy (non-hydrogen) atoms. The quantitative estimate of drug-likeness (QED) is 0.725. The van der Waals surface area contributed by atoms with E-state index in [0.29, 0.717) is 6.42 Å². The van der Waals surface area contributed by atoms with Crippen LogP contribution >= 0.6 is 0 Å². The van der Waals surface area contributed by atoms with E-state index in [1.807, 2.05) is 24.3 Å². The molecule has 0 amide bonds. The lowest BCUT2D eigenvalue weighted by Gasteiger charge is -2.02. The Kier molecular flexibility index (Phi) is 2.40. The molecule has 1 aliphatic carbocycles. The topological polar surface area (TPSA) is 9.23 Å². The van der Waals surface area contributed by atoms with Crippen molar-refractivity contribution in [3.05, 3.63) is 29.8 Å². The predicted molar refractivity (Wildman–Crippen MR) is 49.8 cm³/mol. The van der Waals surface area contributed by atoms with Gasteiger partial charge in [0.2, 0.25) is 6.43 Å². The Balaban J connectivity index is 2.05. The molecular formula is C11H12F2O. The minimum absolute atomic E-state index is 0.0564. The highest BCUT2D eigenvalue weighted by Gasteiger charge is 2.44. The molecule has 76 valence electrons. The van der Waals surface area contributed by atoms with Crippen LogP contribution in [0.1, 0.15) is 17.9 Å². The molecule has 0 N–H and O–H groups in total. The van der Waals surface area contributed by atoms with Crippen molar-refractivity contribution in [2.75, 3.05) is 7.11 Å². The summed E-state index contributed by atoms with van der Waals surface area (Å²) in [5.41, 5.74) is 0.996. The number of benzene rings is 1. The van der Waals surface area contributed by atoms with Gasteiger partial charge in [-0.2, -0.15) is 0 Å². The normalized spacial score (nSPS) is 25.1. The van der Waals surface area contributed by atoms with Crippen LogP contribution in [-0.4, -0.2) is 13.5 Å². The molecule has 1 saturated carbocycles. The van der Waals surface area contributed by atoms with E-state index in [-0.39, 0.29) is 5.92 Å². The van der Waals surface area contributed by atoms with Crippen molar-refractivity contribution in [2.24, 2.45) is 5.92 Å². The van der Waals surface area contributed by atoms with Gasteiger partial charge < -0.3 is 4.74 Å². The van der Waals surface area contributed by atoms with Crippen LogP contribution in [0.5, 0.6) is 5.75 Å². The maximum Gasteiger partial charge on any atom is 0.242 e. The number of methoxy groups -OCH3 is 1. The average molecular weight is 198 g/mol. The Hall–Kier alpha value is -1.12. The fraction of sp³-hybridized carbons (Fsp3) is 0.455. The Morgan fingerprint density at radius 3 is 2.36 bits per heavy atom. The molecule has 0 aromatic heterocycles. The van der Waals surface area contributed by atoms with Gasteiger partial charge in [0.15, 0.2) is 0 Å². The summed E-state index contributed by atoms with van der Waals surface area (Å²) in [4.78, 5) is 0. The van der Waals surface area contributed by atoms with Crippen molar-refractivity contribution in [2.45, 2.75) is 18.8 Å². The number of ether oxygens (including phenoxy) is 1. The largest absolute Gasteiger partial charge is 0.497 e. The number of hydrogen-bond acceptors (Lipinski definition) is 1. The molecule has 1 nitrogen and oxygen atoms in total. The zero-order chi connectivity index (χ0) is 10.1. The van der Waals surface area contributed by atoms with Gasteiger partial charge in [-0.1, -0.05) is 12.1 Å². The standard InChI is InChI=1S/C11H12F2O/c1-14-8-4-2-7(3-5-8)9-6-10(9)11(12)13/h2-5,9-11H,6H2,1H3/t9-,10+/m0/s1. The average Bonchev–Trinajstić information content (AvgIpc) is 2.97. The summed E-state index contributed by atoms with van der Waals surface area (Å²) in [6.45, 7) is 0. The summed E-state index contributed by atoms with van der Waals surface area (Å²) in [5.74, 6) is 0.396. The first-order chi connectivity index (χ1) is 6.72. The molecule has 3 heteroatoms. The third kappa shape index (κ3) is 1.72. The lowest BCUT2D eigenvalue weighted by Crippen LogP contribution is -1.95. The zero-order valence-corrected chi connectivity index (χ0v) is 7.91. The van der Waals surface area contributed by atoms with E-state index in [4.69, 9.17) is 4.74 Å². The molecule has 0 spiro atoms. The van der Waals surface area contributed by atoms with Gasteiger partial charge >= 0.3 is 0 Å². The lowest BCUT2D eigenvalue weighted by molar-refractivity contribution is 0.120. The van der Waals surface area contributed by atoms with Gasteiger partial charge in [0, 0.05) is 5.92 Å². The van der Waals surface area contributed by atoms with Crippen molar-refractivity contribution < 1.29 is 13.5 Å². The summed E-state index contributed by atoms with van der Waals surface area (Å²) >= 11 is 0. The molecule has 0 aliphatic heterocycles. The van der Waals surface area contributed by atoms with E-state index in [1.54, 1.807) is 7.11 Å². The smallest absolute Gasteiger partial charge is 0.242 e. The van der Waals surface area contributed by atoms with Crippen LogP contribution in [0.3, 0.4) is 0 Å². The molecule has 0 bridgehead atoms. The van der Waals surface area contributed by atoms with Crippen molar-refractivity contribution in [3.63, 3.8) is 0 Å². The number of alkyl halides is 2. The van der Waals surface area contributed by atoms with Crippen LogP contribution in [0.25, 0.3) is 0 Å². The maximum atomic E-state index is 12.3. The Labute approximate surface area is 81.7 Å². The van der Waals surface area contributed by atoms with Gasteiger partial charge in [0.05, 0.1) is 7.11 Å². The van der Waals surface area contributed by atoms with E-state index >= 15 is 0 Å². The highest BCUT2D eigenvalue weighted by atomic mass is 19.3. The van der Waals surface area contributed by atoms with Gasteiger partial charge in [-0.25, -0.2) is 8.78 Å². The zero-order valence-electron chi connectivity index (χ0n) is 7.91. The van der Waals surface area contributed by atoms with Crippen molar-refractivity contribution in [1.29, 1.82) is 0 Å². The molecule has 0 unspecified atom stereocenters. The summed E-state index contributed by atoms with van der Waals surface area (Å²) in [5, 5.41) is 0. The molecule has 0 saturated heterocycles. The van der Waals surface area contributed by atoms with Crippen LogP contribution in [0.15, 0.2) is 24.3 Å². The van der Waals surface area contributed by atoms with Gasteiger partial charge in [-0.15, -0.1) is 0 Å². The molecule has 1 aromatic carbocycles. The first-order valence-corrected chi connectivity index (χ1v) is 4.64. The van der Waals surface area contributed by atoms with Crippen LogP contribution in [0, 0.1) is 5.92 Å². The molecule has 0 radical (unpaired) electrons. The predicted octanol–water partition coefficient (Wildman–Crippen LogP) is 3.06. The molecule has 1 aliphatic rings. The summed E-state index contributed by atoms with van der Waals surface area (Å²) in [6.07, 6.45) is -1.56. The molecule has 0 heterocycles. The highest BCUT2D eigenvalue weighted by Crippen LogP contribution is 2.50. The molecule has 2 rings (SSSR count). The minimum Gasteiger partial charge on any atom is -0.497 e. The Morgan fingerprint density at radius 1 is 1.29 bits per heavy atom. The van der Waals surface area contributed by atoms with Crippen LogP contribution in [0.2, 0.25) is 0 Å². The molecular weight excluding hydrogens is 186 g/mol. The van der Waals surface area contributed by atoms with Gasteiger partial charge in [-0.05, 0) is 30.0 Å². The number of rotatable bonds is 3. The second-order valence-electron chi connectivity index (χ2n) is 3.61. The fourth-order valence-electron chi connectivity index (χ4n) is 1.73. The van der Waals surface area contributed by atoms with Crippen molar-refractivity contribution in [3.8, 4) is 5.75 Å². The van der Waals surface area contributed by atoms with E-state index in [9.17, 15) is 8.78 Å².